The fraction of sp³-hybridized carbons (Fsp3) is 0.188. The highest BCUT2D eigenvalue weighted by Gasteiger charge is 2.36. The smallest absolute Gasteiger partial charge is 0.324 e. The van der Waals surface area contributed by atoms with Crippen molar-refractivity contribution in [2.24, 2.45) is 0 Å². The molecule has 0 spiro atoms. The van der Waals surface area contributed by atoms with E-state index in [0.29, 0.717) is 17.7 Å². The molecule has 3 rings (SSSR count). The van der Waals surface area contributed by atoms with Gasteiger partial charge in [-0.25, -0.2) is 4.79 Å². The number of rotatable bonds is 4. The van der Waals surface area contributed by atoms with Crippen LogP contribution in [0.1, 0.15) is 16.5 Å². The summed E-state index contributed by atoms with van der Waals surface area (Å²) in [6.07, 6.45) is 0.309. The van der Waals surface area contributed by atoms with Crippen LogP contribution in [-0.2, 0) is 16.0 Å². The fourth-order valence-corrected chi connectivity index (χ4v) is 3.08. The summed E-state index contributed by atoms with van der Waals surface area (Å²) in [5.74, 6) is -0.430. The number of benzene rings is 1. The van der Waals surface area contributed by atoms with Crippen LogP contribution in [0, 0.1) is 0 Å². The first-order valence-electron chi connectivity index (χ1n) is 7.05. The summed E-state index contributed by atoms with van der Waals surface area (Å²) in [5, 5.41) is 7.35. The van der Waals surface area contributed by atoms with Crippen molar-refractivity contribution in [2.45, 2.75) is 12.5 Å². The van der Waals surface area contributed by atoms with Crippen LogP contribution in [0.2, 0.25) is 0 Å². The second-order valence-corrected chi connectivity index (χ2v) is 6.24. The third-order valence-electron chi connectivity index (χ3n) is 3.57. The summed E-state index contributed by atoms with van der Waals surface area (Å²) in [7, 11) is 1.43. The van der Waals surface area contributed by atoms with Gasteiger partial charge in [-0.3, -0.25) is 14.5 Å². The van der Waals surface area contributed by atoms with E-state index in [-0.39, 0.29) is 11.8 Å². The summed E-state index contributed by atoms with van der Waals surface area (Å²) in [6, 6.07) is 9.62. The Kier molecular flexibility index (Phi) is 4.12. The van der Waals surface area contributed by atoms with E-state index >= 15 is 0 Å². The number of carbonyl (C=O) groups excluding carboxylic acids is 3. The zero-order valence-electron chi connectivity index (χ0n) is 12.4. The number of anilines is 1. The highest BCUT2D eigenvalue weighted by Crippen LogP contribution is 2.23. The predicted octanol–water partition coefficient (Wildman–Crippen LogP) is 2.15. The minimum Gasteiger partial charge on any atom is -0.326 e. The molecule has 6 nitrogen and oxygen atoms in total. The van der Waals surface area contributed by atoms with Crippen LogP contribution in [-0.4, -0.2) is 29.8 Å². The topological polar surface area (TPSA) is 78.5 Å². The largest absolute Gasteiger partial charge is 0.326 e. The number of urea groups is 1. The molecule has 1 aliphatic heterocycles. The number of carbonyl (C=O) groups is 3. The van der Waals surface area contributed by atoms with Crippen LogP contribution in [0.25, 0.3) is 0 Å². The minimum absolute atomic E-state index is 0.122. The van der Waals surface area contributed by atoms with Crippen molar-refractivity contribution in [3.05, 3.63) is 52.2 Å². The summed E-state index contributed by atoms with van der Waals surface area (Å²) >= 11 is 1.53. The van der Waals surface area contributed by atoms with Crippen LogP contribution in [0.3, 0.4) is 0 Å². The van der Waals surface area contributed by atoms with Crippen molar-refractivity contribution < 1.29 is 14.4 Å². The Morgan fingerprint density at radius 3 is 2.78 bits per heavy atom. The molecule has 7 heteroatoms. The number of nitrogens with one attached hydrogen (secondary N) is 2. The van der Waals surface area contributed by atoms with Gasteiger partial charge in [0.25, 0.3) is 5.91 Å². The molecular formula is C16H15N3O3S. The van der Waals surface area contributed by atoms with Crippen molar-refractivity contribution in [1.29, 1.82) is 0 Å². The summed E-state index contributed by atoms with van der Waals surface area (Å²) in [4.78, 5) is 37.6. The number of amides is 4. The Labute approximate surface area is 137 Å². The number of imide groups is 1. The van der Waals surface area contributed by atoms with E-state index in [9.17, 15) is 14.4 Å². The molecule has 118 valence electrons. The second-order valence-electron chi connectivity index (χ2n) is 5.21. The van der Waals surface area contributed by atoms with Gasteiger partial charge in [0.05, 0.1) is 6.42 Å². The normalized spacial score (nSPS) is 17.3. The second kappa shape index (κ2) is 6.21. The first-order valence-corrected chi connectivity index (χ1v) is 7.93. The lowest BCUT2D eigenvalue weighted by Crippen LogP contribution is -2.25. The van der Waals surface area contributed by atoms with Gasteiger partial charge in [0, 0.05) is 17.6 Å². The Morgan fingerprint density at radius 1 is 1.30 bits per heavy atom. The Morgan fingerprint density at radius 2 is 2.13 bits per heavy atom. The fourth-order valence-electron chi connectivity index (χ4n) is 2.37. The van der Waals surface area contributed by atoms with Crippen LogP contribution in [0.5, 0.6) is 0 Å². The van der Waals surface area contributed by atoms with E-state index in [4.69, 9.17) is 0 Å². The van der Waals surface area contributed by atoms with Crippen molar-refractivity contribution in [3.63, 3.8) is 0 Å². The molecule has 2 N–H and O–H groups in total. The van der Waals surface area contributed by atoms with Crippen LogP contribution >= 0.6 is 11.3 Å². The highest BCUT2D eigenvalue weighted by atomic mass is 32.1. The van der Waals surface area contributed by atoms with E-state index in [1.165, 1.54) is 18.4 Å². The van der Waals surface area contributed by atoms with E-state index in [1.807, 2.05) is 17.5 Å². The number of thiophene rings is 1. The SMILES string of the molecule is CN1C(=O)NC(c2cccc(NC(=O)Cc3cccs3)c2)C1=O. The molecule has 1 aliphatic rings. The maximum Gasteiger partial charge on any atom is 0.324 e. The average Bonchev–Trinajstić information content (AvgIpc) is 3.11. The van der Waals surface area contributed by atoms with Crippen molar-refractivity contribution in [1.82, 2.24) is 10.2 Å². The summed E-state index contributed by atoms with van der Waals surface area (Å²) in [5.41, 5.74) is 1.24. The van der Waals surface area contributed by atoms with Crippen molar-refractivity contribution in [2.75, 3.05) is 12.4 Å². The molecule has 23 heavy (non-hydrogen) atoms. The third kappa shape index (κ3) is 3.24. The zero-order chi connectivity index (χ0) is 16.4. The molecular weight excluding hydrogens is 314 g/mol. The van der Waals surface area contributed by atoms with E-state index in [0.717, 1.165) is 9.78 Å². The molecule has 0 bridgehead atoms. The molecule has 2 aromatic rings. The Bertz CT molecular complexity index is 758. The first-order chi connectivity index (χ1) is 11.0. The van der Waals surface area contributed by atoms with Gasteiger partial charge < -0.3 is 10.6 Å². The van der Waals surface area contributed by atoms with Gasteiger partial charge in [-0.05, 0) is 29.1 Å². The number of hydrogen-bond acceptors (Lipinski definition) is 4. The van der Waals surface area contributed by atoms with E-state index in [1.54, 1.807) is 24.3 Å². The zero-order valence-corrected chi connectivity index (χ0v) is 13.2. The third-order valence-corrected chi connectivity index (χ3v) is 4.44. The van der Waals surface area contributed by atoms with E-state index in [2.05, 4.69) is 10.6 Å². The quantitative estimate of drug-likeness (QED) is 0.844. The molecule has 1 aromatic heterocycles. The maximum atomic E-state index is 12.0. The van der Waals surface area contributed by atoms with Crippen LogP contribution in [0.15, 0.2) is 41.8 Å². The predicted molar refractivity (Wildman–Crippen MR) is 87.1 cm³/mol. The van der Waals surface area contributed by atoms with Gasteiger partial charge in [0.2, 0.25) is 5.91 Å². The molecule has 1 atom stereocenters. The molecule has 0 saturated carbocycles. The van der Waals surface area contributed by atoms with Crippen LogP contribution < -0.4 is 10.6 Å². The molecule has 1 saturated heterocycles. The number of hydrogen-bond donors (Lipinski definition) is 2. The lowest BCUT2D eigenvalue weighted by Gasteiger charge is -2.11. The molecule has 1 aromatic carbocycles. The van der Waals surface area contributed by atoms with Crippen LogP contribution in [0.4, 0.5) is 10.5 Å². The van der Waals surface area contributed by atoms with Gasteiger partial charge >= 0.3 is 6.03 Å². The van der Waals surface area contributed by atoms with Crippen molar-refractivity contribution in [3.8, 4) is 0 Å². The molecule has 4 amide bonds. The number of likely N-dealkylation sites (N-methyl/N-ethyl adjacent to an activating group) is 1. The minimum atomic E-state index is -0.707. The Balaban J connectivity index is 1.71. The molecule has 1 unspecified atom stereocenters. The van der Waals surface area contributed by atoms with Gasteiger partial charge in [-0.1, -0.05) is 18.2 Å². The lowest BCUT2D eigenvalue weighted by molar-refractivity contribution is -0.126. The van der Waals surface area contributed by atoms with Gasteiger partial charge in [0.15, 0.2) is 0 Å². The van der Waals surface area contributed by atoms with Crippen molar-refractivity contribution >= 4 is 34.9 Å². The molecule has 0 radical (unpaired) electrons. The average molecular weight is 329 g/mol. The van der Waals surface area contributed by atoms with Gasteiger partial charge in [-0.2, -0.15) is 0 Å². The standard InChI is InChI=1S/C16H15N3O3S/c1-19-15(21)14(18-16(19)22)10-4-2-5-11(8-10)17-13(20)9-12-6-3-7-23-12/h2-8,14H,9H2,1H3,(H,17,20)(H,18,22). The summed E-state index contributed by atoms with van der Waals surface area (Å²) < 4.78 is 0. The van der Waals surface area contributed by atoms with E-state index < -0.39 is 12.1 Å². The molecule has 0 aliphatic carbocycles. The highest BCUT2D eigenvalue weighted by molar-refractivity contribution is 7.10. The van der Waals surface area contributed by atoms with Gasteiger partial charge in [0.1, 0.15) is 6.04 Å². The Hall–Kier alpha value is -2.67. The molecule has 2 heterocycles. The maximum absolute atomic E-state index is 12.0. The monoisotopic (exact) mass is 329 g/mol. The first kappa shape index (κ1) is 15.2. The lowest BCUT2D eigenvalue weighted by atomic mass is 10.1. The molecule has 1 fully saturated rings. The van der Waals surface area contributed by atoms with Gasteiger partial charge in [-0.15, -0.1) is 11.3 Å². The summed E-state index contributed by atoms with van der Waals surface area (Å²) in [6.45, 7) is 0. The number of nitrogens with zero attached hydrogens (tertiary/aromatic N) is 1.